The standard InChI is InChI=1S/C23H20F2N4O5/c1-29-10-18(19(28-29)20(30)31)27-21(32)23(24,25)12-26-22(33)34-11-17-15-8-4-2-6-13(15)14-7-3-5-9-16(14)17/h2-10,17H,11-12H2,1H3,(H,26,33)(H,27,32)(H,30,31). The molecule has 2 aromatic carbocycles. The Hall–Kier alpha value is -4.28. The zero-order valence-electron chi connectivity index (χ0n) is 17.9. The van der Waals surface area contributed by atoms with Crippen LogP contribution in [0.4, 0.5) is 19.3 Å². The number of ether oxygens (including phenoxy) is 1. The van der Waals surface area contributed by atoms with E-state index in [1.165, 1.54) is 7.05 Å². The van der Waals surface area contributed by atoms with E-state index in [4.69, 9.17) is 9.84 Å². The first-order chi connectivity index (χ1) is 16.2. The van der Waals surface area contributed by atoms with Crippen LogP contribution in [0.15, 0.2) is 54.7 Å². The summed E-state index contributed by atoms with van der Waals surface area (Å²) in [6, 6.07) is 15.3. The topological polar surface area (TPSA) is 123 Å². The fraction of sp³-hybridized carbons (Fsp3) is 0.217. The van der Waals surface area contributed by atoms with E-state index in [0.717, 1.165) is 33.1 Å². The fourth-order valence-electron chi connectivity index (χ4n) is 3.86. The molecule has 3 aromatic rings. The molecule has 0 spiro atoms. The molecule has 0 atom stereocenters. The number of benzene rings is 2. The summed E-state index contributed by atoms with van der Waals surface area (Å²) in [6.07, 6.45) is -0.0295. The van der Waals surface area contributed by atoms with Crippen LogP contribution in [0.3, 0.4) is 0 Å². The summed E-state index contributed by atoms with van der Waals surface area (Å²) in [5, 5.41) is 16.4. The maximum absolute atomic E-state index is 14.3. The van der Waals surface area contributed by atoms with Crippen LogP contribution in [0.2, 0.25) is 0 Å². The van der Waals surface area contributed by atoms with E-state index in [0.29, 0.717) is 0 Å². The Morgan fingerprint density at radius 3 is 2.26 bits per heavy atom. The molecule has 0 unspecified atom stereocenters. The lowest BCUT2D eigenvalue weighted by atomic mass is 9.98. The van der Waals surface area contributed by atoms with Gasteiger partial charge in [0.2, 0.25) is 0 Å². The largest absolute Gasteiger partial charge is 0.476 e. The summed E-state index contributed by atoms with van der Waals surface area (Å²) in [5.74, 6) is -7.56. The summed E-state index contributed by atoms with van der Waals surface area (Å²) < 4.78 is 34.8. The number of carboxylic acids is 1. The minimum atomic E-state index is -4.03. The van der Waals surface area contributed by atoms with Crippen molar-refractivity contribution in [2.45, 2.75) is 11.8 Å². The van der Waals surface area contributed by atoms with Gasteiger partial charge in [-0.25, -0.2) is 9.59 Å². The Bertz CT molecular complexity index is 1230. The smallest absolute Gasteiger partial charge is 0.407 e. The van der Waals surface area contributed by atoms with Crippen LogP contribution in [0.1, 0.15) is 27.5 Å². The lowest BCUT2D eigenvalue weighted by Gasteiger charge is -2.18. The SMILES string of the molecule is Cn1cc(NC(=O)C(F)(F)CNC(=O)OCC2c3ccccc3-c3ccccc32)c(C(=O)O)n1. The average molecular weight is 470 g/mol. The number of carbonyl (C=O) groups excluding carboxylic acids is 2. The third kappa shape index (κ3) is 4.45. The van der Waals surface area contributed by atoms with Gasteiger partial charge in [0, 0.05) is 19.2 Å². The van der Waals surface area contributed by atoms with Crippen molar-refractivity contribution in [3.8, 4) is 11.1 Å². The Labute approximate surface area is 192 Å². The van der Waals surface area contributed by atoms with Gasteiger partial charge in [-0.05, 0) is 22.3 Å². The summed E-state index contributed by atoms with van der Waals surface area (Å²) in [6.45, 7) is -1.41. The number of rotatable bonds is 7. The van der Waals surface area contributed by atoms with Gasteiger partial charge in [-0.3, -0.25) is 9.48 Å². The van der Waals surface area contributed by atoms with Gasteiger partial charge in [0.1, 0.15) is 6.61 Å². The Morgan fingerprint density at radius 2 is 1.68 bits per heavy atom. The van der Waals surface area contributed by atoms with Gasteiger partial charge in [0.15, 0.2) is 5.69 Å². The molecule has 1 heterocycles. The van der Waals surface area contributed by atoms with Gasteiger partial charge < -0.3 is 20.5 Å². The second-order valence-electron chi connectivity index (χ2n) is 7.71. The van der Waals surface area contributed by atoms with E-state index in [9.17, 15) is 23.2 Å². The first-order valence-corrected chi connectivity index (χ1v) is 10.2. The lowest BCUT2D eigenvalue weighted by molar-refractivity contribution is -0.138. The van der Waals surface area contributed by atoms with Crippen molar-refractivity contribution >= 4 is 23.7 Å². The van der Waals surface area contributed by atoms with Crippen molar-refractivity contribution in [1.82, 2.24) is 15.1 Å². The molecule has 0 radical (unpaired) electrons. The number of carboxylic acid groups (broad SMARTS) is 1. The lowest BCUT2D eigenvalue weighted by Crippen LogP contribution is -2.45. The van der Waals surface area contributed by atoms with Crippen LogP contribution in [-0.4, -0.2) is 51.9 Å². The Kier molecular flexibility index (Phi) is 6.01. The zero-order valence-corrected chi connectivity index (χ0v) is 17.9. The van der Waals surface area contributed by atoms with Crippen molar-refractivity contribution in [1.29, 1.82) is 0 Å². The molecule has 0 saturated heterocycles. The number of hydrogen-bond acceptors (Lipinski definition) is 5. The summed E-state index contributed by atoms with van der Waals surface area (Å²) in [5.41, 5.74) is 2.99. The van der Waals surface area contributed by atoms with Crippen molar-refractivity contribution < 1.29 is 33.0 Å². The van der Waals surface area contributed by atoms with E-state index < -0.39 is 36.1 Å². The molecule has 0 bridgehead atoms. The molecule has 1 aliphatic rings. The van der Waals surface area contributed by atoms with Crippen LogP contribution >= 0.6 is 0 Å². The van der Waals surface area contributed by atoms with Crippen molar-refractivity contribution in [3.05, 3.63) is 71.5 Å². The number of anilines is 1. The normalized spacial score (nSPS) is 12.6. The molecule has 176 valence electrons. The maximum Gasteiger partial charge on any atom is 0.407 e. The predicted octanol–water partition coefficient (Wildman–Crippen LogP) is 3.23. The number of carbonyl (C=O) groups is 3. The third-order valence-electron chi connectivity index (χ3n) is 5.41. The second kappa shape index (κ2) is 8.93. The number of amides is 2. The van der Waals surface area contributed by atoms with Gasteiger partial charge in [0.25, 0.3) is 5.91 Å². The molecule has 9 nitrogen and oxygen atoms in total. The quantitative estimate of drug-likeness (QED) is 0.487. The second-order valence-corrected chi connectivity index (χ2v) is 7.71. The Morgan fingerprint density at radius 1 is 1.09 bits per heavy atom. The number of aryl methyl sites for hydroxylation is 1. The van der Waals surface area contributed by atoms with Crippen molar-refractivity contribution in [3.63, 3.8) is 0 Å². The molecule has 0 aliphatic heterocycles. The molecule has 1 aromatic heterocycles. The molecular weight excluding hydrogens is 450 g/mol. The zero-order chi connectivity index (χ0) is 24.5. The minimum absolute atomic E-state index is 0.0741. The number of aromatic nitrogens is 2. The first kappa shape index (κ1) is 22.9. The number of nitrogens with zero attached hydrogens (tertiary/aromatic N) is 2. The number of halogens is 2. The number of alkyl halides is 2. The van der Waals surface area contributed by atoms with E-state index in [2.05, 4.69) is 5.10 Å². The predicted molar refractivity (Wildman–Crippen MR) is 117 cm³/mol. The molecule has 4 rings (SSSR count). The van der Waals surface area contributed by atoms with Gasteiger partial charge in [0.05, 0.1) is 12.2 Å². The minimum Gasteiger partial charge on any atom is -0.476 e. The van der Waals surface area contributed by atoms with Crippen LogP contribution in [0, 0.1) is 0 Å². The van der Waals surface area contributed by atoms with Crippen LogP contribution in [-0.2, 0) is 16.6 Å². The van der Waals surface area contributed by atoms with Gasteiger partial charge in [-0.15, -0.1) is 0 Å². The fourth-order valence-corrected chi connectivity index (χ4v) is 3.86. The molecule has 2 amide bonds. The van der Waals surface area contributed by atoms with E-state index in [1.807, 2.05) is 59.2 Å². The van der Waals surface area contributed by atoms with E-state index in [-0.39, 0.29) is 18.2 Å². The number of fused-ring (bicyclic) bond motifs is 3. The highest BCUT2D eigenvalue weighted by atomic mass is 19.3. The molecule has 0 fully saturated rings. The number of alkyl carbamates (subject to hydrolysis) is 1. The van der Waals surface area contributed by atoms with Crippen LogP contribution in [0.5, 0.6) is 0 Å². The summed E-state index contributed by atoms with van der Waals surface area (Å²) in [7, 11) is 1.37. The first-order valence-electron chi connectivity index (χ1n) is 10.2. The summed E-state index contributed by atoms with van der Waals surface area (Å²) >= 11 is 0. The van der Waals surface area contributed by atoms with Gasteiger partial charge in [-0.2, -0.15) is 13.9 Å². The number of nitrogens with one attached hydrogen (secondary N) is 2. The van der Waals surface area contributed by atoms with Crippen molar-refractivity contribution in [2.75, 3.05) is 18.5 Å². The Balaban J connectivity index is 1.35. The highest BCUT2D eigenvalue weighted by Crippen LogP contribution is 2.44. The van der Waals surface area contributed by atoms with Crippen LogP contribution < -0.4 is 10.6 Å². The number of hydrogen-bond donors (Lipinski definition) is 3. The molecule has 3 N–H and O–H groups in total. The molecule has 0 saturated carbocycles. The molecular formula is C23H20F2N4O5. The molecule has 34 heavy (non-hydrogen) atoms. The monoisotopic (exact) mass is 470 g/mol. The summed E-state index contributed by atoms with van der Waals surface area (Å²) in [4.78, 5) is 35.2. The number of aromatic carboxylic acids is 1. The van der Waals surface area contributed by atoms with Gasteiger partial charge in [-0.1, -0.05) is 48.5 Å². The van der Waals surface area contributed by atoms with E-state index in [1.54, 1.807) is 0 Å². The maximum atomic E-state index is 14.3. The average Bonchev–Trinajstić information content (AvgIpc) is 3.34. The van der Waals surface area contributed by atoms with Crippen LogP contribution in [0.25, 0.3) is 11.1 Å². The van der Waals surface area contributed by atoms with Gasteiger partial charge >= 0.3 is 18.0 Å². The molecule has 1 aliphatic carbocycles. The third-order valence-corrected chi connectivity index (χ3v) is 5.41. The highest BCUT2D eigenvalue weighted by molar-refractivity contribution is 6.01. The van der Waals surface area contributed by atoms with Crippen molar-refractivity contribution in [2.24, 2.45) is 7.05 Å². The molecule has 11 heteroatoms. The highest BCUT2D eigenvalue weighted by Gasteiger charge is 2.40. The van der Waals surface area contributed by atoms with E-state index >= 15 is 0 Å².